The Labute approximate surface area is 204 Å². The molecule has 1 N–H and O–H groups in total. The molecule has 0 spiro atoms. The Bertz CT molecular complexity index is 669. The van der Waals surface area contributed by atoms with Gasteiger partial charge in [-0.05, 0) is 50.2 Å². The molecule has 1 aliphatic carbocycles. The summed E-state index contributed by atoms with van der Waals surface area (Å²) < 4.78 is 2.42. The third kappa shape index (κ3) is 6.50. The SMILES string of the molecule is CCCC1(C)CCCN(C(=NC)NCCCc2nnc(SC)n2C2CCCC2)C1.I. The highest BCUT2D eigenvalue weighted by molar-refractivity contribution is 14.0. The molecule has 2 heterocycles. The number of aromatic nitrogens is 3. The van der Waals surface area contributed by atoms with E-state index in [-0.39, 0.29) is 24.0 Å². The van der Waals surface area contributed by atoms with Crippen molar-refractivity contribution in [2.24, 2.45) is 10.4 Å². The molecule has 1 unspecified atom stereocenters. The molecule has 6 nitrogen and oxygen atoms in total. The molecule has 1 aromatic heterocycles. The molecular formula is C22H41IN6S. The van der Waals surface area contributed by atoms with E-state index in [4.69, 9.17) is 0 Å². The predicted octanol–water partition coefficient (Wildman–Crippen LogP) is 5.14. The molecule has 0 aromatic carbocycles. The molecule has 1 saturated carbocycles. The lowest BCUT2D eigenvalue weighted by Gasteiger charge is -2.42. The first-order chi connectivity index (χ1) is 14.1. The molecule has 3 rings (SSSR count). The lowest BCUT2D eigenvalue weighted by molar-refractivity contribution is 0.142. The average molecular weight is 549 g/mol. The number of halogens is 1. The van der Waals surface area contributed by atoms with E-state index >= 15 is 0 Å². The van der Waals surface area contributed by atoms with Crippen molar-refractivity contribution in [3.8, 4) is 0 Å². The van der Waals surface area contributed by atoms with Crippen molar-refractivity contribution in [1.29, 1.82) is 0 Å². The Kier molecular flexibility index (Phi) is 10.7. The molecule has 172 valence electrons. The maximum absolute atomic E-state index is 4.57. The van der Waals surface area contributed by atoms with Gasteiger partial charge >= 0.3 is 0 Å². The summed E-state index contributed by atoms with van der Waals surface area (Å²) in [5.41, 5.74) is 0.427. The first-order valence-electron chi connectivity index (χ1n) is 11.5. The van der Waals surface area contributed by atoms with Crippen LogP contribution in [0.2, 0.25) is 0 Å². The topological polar surface area (TPSA) is 58.3 Å². The quantitative estimate of drug-likeness (QED) is 0.160. The van der Waals surface area contributed by atoms with Crippen LogP contribution in [0.25, 0.3) is 0 Å². The summed E-state index contributed by atoms with van der Waals surface area (Å²) in [7, 11) is 1.91. The molecule has 0 bridgehead atoms. The van der Waals surface area contributed by atoms with Crippen LogP contribution in [-0.2, 0) is 6.42 Å². The Hall–Kier alpha value is -0.510. The highest BCUT2D eigenvalue weighted by Crippen LogP contribution is 2.34. The van der Waals surface area contributed by atoms with Gasteiger partial charge in [0, 0.05) is 39.1 Å². The van der Waals surface area contributed by atoms with Crippen LogP contribution in [0.1, 0.15) is 83.5 Å². The number of rotatable bonds is 8. The molecule has 8 heteroatoms. The van der Waals surface area contributed by atoms with Gasteiger partial charge in [-0.25, -0.2) is 0 Å². The highest BCUT2D eigenvalue weighted by Gasteiger charge is 2.31. The lowest BCUT2D eigenvalue weighted by Crippen LogP contribution is -2.50. The van der Waals surface area contributed by atoms with Gasteiger partial charge in [-0.1, -0.05) is 44.9 Å². The van der Waals surface area contributed by atoms with Gasteiger partial charge < -0.3 is 14.8 Å². The largest absolute Gasteiger partial charge is 0.356 e. The summed E-state index contributed by atoms with van der Waals surface area (Å²) in [5.74, 6) is 2.22. The van der Waals surface area contributed by atoms with Crippen LogP contribution in [0.5, 0.6) is 0 Å². The summed E-state index contributed by atoms with van der Waals surface area (Å²) in [4.78, 5) is 7.04. The molecule has 0 amide bonds. The number of aliphatic imine (C=N–C) groups is 1. The number of hydrogen-bond acceptors (Lipinski definition) is 4. The fourth-order valence-electron chi connectivity index (χ4n) is 5.23. The lowest BCUT2D eigenvalue weighted by atomic mass is 9.78. The second kappa shape index (κ2) is 12.5. The Balaban J connectivity index is 0.00000320. The number of thioether (sulfide) groups is 1. The van der Waals surface area contributed by atoms with Gasteiger partial charge in [0.1, 0.15) is 5.82 Å². The smallest absolute Gasteiger partial charge is 0.193 e. The van der Waals surface area contributed by atoms with E-state index in [0.717, 1.165) is 49.4 Å². The Morgan fingerprint density at radius 3 is 2.70 bits per heavy atom. The van der Waals surface area contributed by atoms with Crippen molar-refractivity contribution in [3.63, 3.8) is 0 Å². The summed E-state index contributed by atoms with van der Waals surface area (Å²) in [6.45, 7) is 7.90. The maximum Gasteiger partial charge on any atom is 0.193 e. The number of nitrogens with zero attached hydrogens (tertiary/aromatic N) is 5. The first kappa shape index (κ1) is 25.7. The number of guanidine groups is 1. The van der Waals surface area contributed by atoms with Gasteiger partial charge in [0.15, 0.2) is 11.1 Å². The predicted molar refractivity (Wildman–Crippen MR) is 138 cm³/mol. The summed E-state index contributed by atoms with van der Waals surface area (Å²) >= 11 is 1.72. The van der Waals surface area contributed by atoms with E-state index in [0.29, 0.717) is 11.5 Å². The molecule has 1 saturated heterocycles. The van der Waals surface area contributed by atoms with E-state index in [1.165, 1.54) is 51.4 Å². The van der Waals surface area contributed by atoms with Crippen molar-refractivity contribution < 1.29 is 0 Å². The van der Waals surface area contributed by atoms with Crippen LogP contribution in [0.4, 0.5) is 0 Å². The average Bonchev–Trinajstić information content (AvgIpc) is 3.37. The van der Waals surface area contributed by atoms with Gasteiger partial charge in [0.25, 0.3) is 0 Å². The van der Waals surface area contributed by atoms with Gasteiger partial charge in [0.05, 0.1) is 0 Å². The van der Waals surface area contributed by atoms with E-state index in [1.54, 1.807) is 11.8 Å². The zero-order chi connectivity index (χ0) is 20.7. The molecule has 1 aliphatic heterocycles. The van der Waals surface area contributed by atoms with Gasteiger partial charge in [0.2, 0.25) is 0 Å². The standard InChI is InChI=1S/C22H40N6S.HI/c1-5-13-22(2)14-9-16-27(17-22)20(23-3)24-15-8-12-19-25-26-21(29-4)28(19)18-10-6-7-11-18;/h18H,5-17H2,1-4H3,(H,23,24);1H. The molecule has 1 aromatic rings. The van der Waals surface area contributed by atoms with Crippen LogP contribution >= 0.6 is 35.7 Å². The van der Waals surface area contributed by atoms with Crippen molar-refractivity contribution in [1.82, 2.24) is 25.0 Å². The maximum atomic E-state index is 4.57. The van der Waals surface area contributed by atoms with Crippen molar-refractivity contribution in [2.75, 3.05) is 32.9 Å². The second-order valence-corrected chi connectivity index (χ2v) is 9.85. The number of aryl methyl sites for hydroxylation is 1. The number of hydrogen-bond donors (Lipinski definition) is 1. The van der Waals surface area contributed by atoms with E-state index in [2.05, 4.69) is 50.1 Å². The molecular weight excluding hydrogens is 507 g/mol. The highest BCUT2D eigenvalue weighted by atomic mass is 127. The molecule has 2 aliphatic rings. The summed E-state index contributed by atoms with van der Waals surface area (Å²) in [6, 6.07) is 0.604. The van der Waals surface area contributed by atoms with Gasteiger partial charge in [-0.2, -0.15) is 0 Å². The van der Waals surface area contributed by atoms with E-state index in [1.807, 2.05) is 7.05 Å². The van der Waals surface area contributed by atoms with Gasteiger partial charge in [-0.15, -0.1) is 34.2 Å². The second-order valence-electron chi connectivity index (χ2n) is 9.07. The monoisotopic (exact) mass is 548 g/mol. The van der Waals surface area contributed by atoms with Crippen LogP contribution < -0.4 is 5.32 Å². The van der Waals surface area contributed by atoms with Crippen LogP contribution in [0.3, 0.4) is 0 Å². The minimum atomic E-state index is 0. The minimum Gasteiger partial charge on any atom is -0.356 e. The van der Waals surface area contributed by atoms with Gasteiger partial charge in [-0.3, -0.25) is 4.99 Å². The van der Waals surface area contributed by atoms with E-state index < -0.39 is 0 Å². The molecule has 1 atom stereocenters. The van der Waals surface area contributed by atoms with Crippen LogP contribution in [0, 0.1) is 5.41 Å². The normalized spacial score (nSPS) is 22.9. The number of likely N-dealkylation sites (tertiary alicyclic amines) is 1. The zero-order valence-electron chi connectivity index (χ0n) is 19.3. The van der Waals surface area contributed by atoms with Crippen molar-refractivity contribution >= 4 is 41.7 Å². The number of piperidine rings is 1. The third-order valence-electron chi connectivity index (χ3n) is 6.61. The molecule has 0 radical (unpaired) electrons. The fourth-order valence-corrected chi connectivity index (χ4v) is 5.80. The van der Waals surface area contributed by atoms with E-state index in [9.17, 15) is 0 Å². The van der Waals surface area contributed by atoms with Crippen molar-refractivity contribution in [3.05, 3.63) is 5.82 Å². The summed E-state index contributed by atoms with van der Waals surface area (Å²) in [5, 5.41) is 13.7. The fraction of sp³-hybridized carbons (Fsp3) is 0.864. The van der Waals surface area contributed by atoms with Crippen LogP contribution in [0.15, 0.2) is 10.1 Å². The first-order valence-corrected chi connectivity index (χ1v) is 12.8. The summed E-state index contributed by atoms with van der Waals surface area (Å²) in [6.07, 6.45) is 14.5. The minimum absolute atomic E-state index is 0. The molecule has 30 heavy (non-hydrogen) atoms. The van der Waals surface area contributed by atoms with Crippen molar-refractivity contribution in [2.45, 2.75) is 89.3 Å². The number of nitrogens with one attached hydrogen (secondary N) is 1. The third-order valence-corrected chi connectivity index (χ3v) is 7.26. The Morgan fingerprint density at radius 1 is 1.27 bits per heavy atom. The molecule has 2 fully saturated rings. The van der Waals surface area contributed by atoms with Crippen LogP contribution in [-0.4, -0.2) is 58.6 Å². The Morgan fingerprint density at radius 2 is 2.03 bits per heavy atom. The zero-order valence-corrected chi connectivity index (χ0v) is 22.5.